The monoisotopic (exact) mass is 305 g/mol. The lowest BCUT2D eigenvalue weighted by atomic mass is 9.94. The third-order valence-electron chi connectivity index (χ3n) is 5.32. The minimum absolute atomic E-state index is 0.606. The predicted molar refractivity (Wildman–Crippen MR) is 94.6 cm³/mol. The van der Waals surface area contributed by atoms with Gasteiger partial charge in [-0.2, -0.15) is 0 Å². The molecule has 23 heavy (non-hydrogen) atoms. The van der Waals surface area contributed by atoms with E-state index in [4.69, 9.17) is 4.74 Å². The molecule has 2 heteroatoms. The quantitative estimate of drug-likeness (QED) is 0.837. The second kappa shape index (κ2) is 5.86. The third-order valence-corrected chi connectivity index (χ3v) is 5.32. The second-order valence-electron chi connectivity index (χ2n) is 6.59. The van der Waals surface area contributed by atoms with Crippen LogP contribution in [0.2, 0.25) is 0 Å². The van der Waals surface area contributed by atoms with Gasteiger partial charge in [-0.3, -0.25) is 4.90 Å². The molecule has 0 N–H and O–H groups in total. The number of benzene rings is 2. The summed E-state index contributed by atoms with van der Waals surface area (Å²) in [7, 11) is 1.75. The maximum absolute atomic E-state index is 5.45. The number of hydrogen-bond acceptors (Lipinski definition) is 2. The Morgan fingerprint density at radius 2 is 1.87 bits per heavy atom. The summed E-state index contributed by atoms with van der Waals surface area (Å²) in [6, 6.07) is 17.4. The normalized spacial score (nSPS) is 24.7. The van der Waals surface area contributed by atoms with E-state index in [9.17, 15) is 0 Å². The fourth-order valence-electron chi connectivity index (χ4n) is 4.29. The summed E-state index contributed by atoms with van der Waals surface area (Å²) < 4.78 is 5.45. The number of ether oxygens (including phenoxy) is 1. The first-order valence-electron chi connectivity index (χ1n) is 8.41. The van der Waals surface area contributed by atoms with Crippen molar-refractivity contribution in [3.05, 3.63) is 71.3 Å². The fraction of sp³-hybridized carbons (Fsp3) is 0.333. The molecule has 0 radical (unpaired) electrons. The molecule has 2 unspecified atom stereocenters. The van der Waals surface area contributed by atoms with Crippen LogP contribution in [0.25, 0.3) is 5.57 Å². The van der Waals surface area contributed by atoms with Crippen molar-refractivity contribution in [1.29, 1.82) is 0 Å². The average Bonchev–Trinajstić information content (AvgIpc) is 3.11. The van der Waals surface area contributed by atoms with Crippen LogP contribution in [-0.4, -0.2) is 25.1 Å². The minimum Gasteiger partial charge on any atom is -0.497 e. The number of likely N-dealkylation sites (tertiary alicyclic amines) is 1. The topological polar surface area (TPSA) is 12.5 Å². The Morgan fingerprint density at radius 3 is 2.61 bits per heavy atom. The zero-order valence-electron chi connectivity index (χ0n) is 13.8. The van der Waals surface area contributed by atoms with Crippen LogP contribution in [0.3, 0.4) is 0 Å². The van der Waals surface area contributed by atoms with Gasteiger partial charge in [0.05, 0.1) is 7.11 Å². The van der Waals surface area contributed by atoms with Gasteiger partial charge in [0, 0.05) is 31.5 Å². The molecule has 0 spiro atoms. The van der Waals surface area contributed by atoms with Crippen molar-refractivity contribution in [3.63, 3.8) is 0 Å². The highest BCUT2D eigenvalue weighted by Crippen LogP contribution is 2.50. The first-order chi connectivity index (χ1) is 11.3. The van der Waals surface area contributed by atoms with Crippen molar-refractivity contribution in [2.75, 3.05) is 20.2 Å². The Bertz CT molecular complexity index is 735. The molecular formula is C21H23NO. The molecule has 1 aliphatic carbocycles. The summed E-state index contributed by atoms with van der Waals surface area (Å²) in [5.74, 6) is 2.21. The highest BCUT2D eigenvalue weighted by molar-refractivity contribution is 5.77. The average molecular weight is 305 g/mol. The molecule has 1 fully saturated rings. The zero-order valence-corrected chi connectivity index (χ0v) is 13.8. The largest absolute Gasteiger partial charge is 0.497 e. The molecule has 0 bridgehead atoms. The lowest BCUT2D eigenvalue weighted by molar-refractivity contribution is 0.321. The van der Waals surface area contributed by atoms with Crippen LogP contribution in [0.1, 0.15) is 29.5 Å². The van der Waals surface area contributed by atoms with Crippen molar-refractivity contribution < 1.29 is 4.74 Å². The first kappa shape index (κ1) is 14.5. The van der Waals surface area contributed by atoms with E-state index >= 15 is 0 Å². The van der Waals surface area contributed by atoms with Crippen LogP contribution in [0.15, 0.2) is 54.6 Å². The van der Waals surface area contributed by atoms with Gasteiger partial charge in [-0.1, -0.05) is 42.5 Å². The van der Waals surface area contributed by atoms with Crippen LogP contribution >= 0.6 is 0 Å². The Kier molecular flexibility index (Phi) is 3.70. The van der Waals surface area contributed by atoms with Gasteiger partial charge in [0.1, 0.15) is 5.75 Å². The van der Waals surface area contributed by atoms with Gasteiger partial charge >= 0.3 is 0 Å². The maximum atomic E-state index is 5.45. The predicted octanol–water partition coefficient (Wildman–Crippen LogP) is 4.33. The molecule has 0 aromatic heterocycles. The summed E-state index contributed by atoms with van der Waals surface area (Å²) >= 11 is 0. The van der Waals surface area contributed by atoms with E-state index < -0.39 is 0 Å². The SMILES string of the molecule is CC=C1c2ccc(OC)cc2C2CN(Cc3ccccc3)CC12. The van der Waals surface area contributed by atoms with Crippen LogP contribution in [0, 0.1) is 5.92 Å². The molecule has 2 aromatic rings. The molecule has 4 rings (SSSR count). The van der Waals surface area contributed by atoms with Gasteiger partial charge in [0.2, 0.25) is 0 Å². The number of fused-ring (bicyclic) bond motifs is 3. The summed E-state index contributed by atoms with van der Waals surface area (Å²) in [6.45, 7) is 5.50. The first-order valence-corrected chi connectivity index (χ1v) is 8.41. The van der Waals surface area contributed by atoms with Crippen LogP contribution in [0.4, 0.5) is 0 Å². The van der Waals surface area contributed by atoms with E-state index in [1.807, 2.05) is 0 Å². The molecule has 2 aliphatic rings. The Morgan fingerprint density at radius 1 is 1.09 bits per heavy atom. The number of rotatable bonds is 3. The van der Waals surface area contributed by atoms with Crippen molar-refractivity contribution in [1.82, 2.24) is 4.90 Å². The number of allylic oxidation sites excluding steroid dienone is 1. The van der Waals surface area contributed by atoms with E-state index in [-0.39, 0.29) is 0 Å². The third kappa shape index (κ3) is 2.47. The Hall–Kier alpha value is -2.06. The summed E-state index contributed by atoms with van der Waals surface area (Å²) in [6.07, 6.45) is 2.31. The van der Waals surface area contributed by atoms with Crippen molar-refractivity contribution >= 4 is 5.57 Å². The lowest BCUT2D eigenvalue weighted by Gasteiger charge is -2.18. The minimum atomic E-state index is 0.606. The molecule has 0 saturated carbocycles. The molecule has 118 valence electrons. The summed E-state index contributed by atoms with van der Waals surface area (Å²) in [5, 5.41) is 0. The number of methoxy groups -OCH3 is 1. The zero-order chi connectivity index (χ0) is 15.8. The number of hydrogen-bond donors (Lipinski definition) is 0. The molecule has 2 nitrogen and oxygen atoms in total. The second-order valence-corrected chi connectivity index (χ2v) is 6.59. The summed E-state index contributed by atoms with van der Waals surface area (Å²) in [4.78, 5) is 2.59. The standard InChI is InChI=1S/C21H23NO/c1-3-17-18-10-9-16(23-2)11-19(18)21-14-22(13-20(17)21)12-15-7-5-4-6-8-15/h3-11,20-21H,12-14H2,1-2H3. The van der Waals surface area contributed by atoms with Gasteiger partial charge in [-0.25, -0.2) is 0 Å². The van der Waals surface area contributed by atoms with Crippen LogP contribution in [-0.2, 0) is 6.54 Å². The molecule has 1 heterocycles. The van der Waals surface area contributed by atoms with E-state index in [1.165, 1.54) is 22.3 Å². The molecule has 2 aromatic carbocycles. The fourth-order valence-corrected chi connectivity index (χ4v) is 4.29. The van der Waals surface area contributed by atoms with Gasteiger partial charge in [-0.05, 0) is 41.3 Å². The van der Waals surface area contributed by atoms with Crippen molar-refractivity contribution in [2.45, 2.75) is 19.4 Å². The number of nitrogens with zero attached hydrogens (tertiary/aromatic N) is 1. The van der Waals surface area contributed by atoms with Crippen LogP contribution < -0.4 is 4.74 Å². The van der Waals surface area contributed by atoms with Gasteiger partial charge in [0.15, 0.2) is 0 Å². The molecule has 0 amide bonds. The van der Waals surface area contributed by atoms with E-state index in [2.05, 4.69) is 66.4 Å². The Labute approximate surface area is 138 Å². The highest BCUT2D eigenvalue weighted by Gasteiger charge is 2.42. The molecular weight excluding hydrogens is 282 g/mol. The van der Waals surface area contributed by atoms with Gasteiger partial charge < -0.3 is 4.74 Å². The van der Waals surface area contributed by atoms with E-state index in [0.29, 0.717) is 11.8 Å². The molecule has 2 atom stereocenters. The molecule has 1 saturated heterocycles. The van der Waals surface area contributed by atoms with Crippen molar-refractivity contribution in [3.8, 4) is 5.75 Å². The summed E-state index contributed by atoms with van der Waals surface area (Å²) in [5.41, 5.74) is 5.82. The van der Waals surface area contributed by atoms with Gasteiger partial charge in [-0.15, -0.1) is 0 Å². The van der Waals surface area contributed by atoms with Gasteiger partial charge in [0.25, 0.3) is 0 Å². The van der Waals surface area contributed by atoms with Crippen molar-refractivity contribution in [2.24, 2.45) is 5.92 Å². The lowest BCUT2D eigenvalue weighted by Crippen LogP contribution is -2.21. The Balaban J connectivity index is 1.61. The van der Waals surface area contributed by atoms with Crippen LogP contribution in [0.5, 0.6) is 5.75 Å². The smallest absolute Gasteiger partial charge is 0.119 e. The highest BCUT2D eigenvalue weighted by atomic mass is 16.5. The maximum Gasteiger partial charge on any atom is 0.119 e. The van der Waals surface area contributed by atoms with E-state index in [1.54, 1.807) is 7.11 Å². The van der Waals surface area contributed by atoms with E-state index in [0.717, 1.165) is 25.4 Å². The molecule has 1 aliphatic heterocycles.